The molecule has 25 heavy (non-hydrogen) atoms. The minimum Gasteiger partial charge on any atom is -0.493 e. The molecule has 0 spiro atoms. The molecule has 5 heteroatoms. The highest BCUT2D eigenvalue weighted by molar-refractivity contribution is 5.76. The van der Waals surface area contributed by atoms with Crippen LogP contribution in [-0.2, 0) is 11.3 Å². The highest BCUT2D eigenvalue weighted by atomic mass is 16.7. The van der Waals surface area contributed by atoms with E-state index in [0.717, 1.165) is 28.4 Å². The molecule has 0 fully saturated rings. The monoisotopic (exact) mass is 341 g/mol. The van der Waals surface area contributed by atoms with Crippen LogP contribution >= 0.6 is 0 Å². The van der Waals surface area contributed by atoms with Crippen LogP contribution in [0.4, 0.5) is 0 Å². The van der Waals surface area contributed by atoms with Gasteiger partial charge in [-0.25, -0.2) is 0 Å². The van der Waals surface area contributed by atoms with Crippen molar-refractivity contribution < 1.29 is 19.0 Å². The summed E-state index contributed by atoms with van der Waals surface area (Å²) in [7, 11) is 1.80. The molecule has 1 heterocycles. The van der Waals surface area contributed by atoms with Crippen LogP contribution in [0, 0.1) is 13.8 Å². The molecule has 0 N–H and O–H groups in total. The molecule has 0 radical (unpaired) electrons. The van der Waals surface area contributed by atoms with Crippen LogP contribution < -0.4 is 14.2 Å². The van der Waals surface area contributed by atoms with E-state index >= 15 is 0 Å². The van der Waals surface area contributed by atoms with Crippen molar-refractivity contribution in [2.24, 2.45) is 0 Å². The van der Waals surface area contributed by atoms with E-state index in [1.165, 1.54) is 5.56 Å². The quantitative estimate of drug-likeness (QED) is 0.807. The summed E-state index contributed by atoms with van der Waals surface area (Å²) < 4.78 is 16.4. The standard InChI is InChI=1S/C20H23NO4/c1-14-4-6-17(15(2)10-14)23-9-8-20(22)21(3)12-16-5-7-18-19(11-16)25-13-24-18/h4-7,10-11H,8-9,12-13H2,1-3H3. The van der Waals surface area contributed by atoms with Gasteiger partial charge in [-0.05, 0) is 43.2 Å². The summed E-state index contributed by atoms with van der Waals surface area (Å²) in [6, 6.07) is 11.8. The highest BCUT2D eigenvalue weighted by Crippen LogP contribution is 2.32. The first kappa shape index (κ1) is 17.1. The van der Waals surface area contributed by atoms with Crippen molar-refractivity contribution in [2.75, 3.05) is 20.4 Å². The molecule has 132 valence electrons. The van der Waals surface area contributed by atoms with Crippen molar-refractivity contribution in [3.63, 3.8) is 0 Å². The average Bonchev–Trinajstić information content (AvgIpc) is 3.04. The number of amides is 1. The van der Waals surface area contributed by atoms with Gasteiger partial charge in [-0.15, -0.1) is 0 Å². The molecule has 5 nitrogen and oxygen atoms in total. The molecule has 0 aliphatic carbocycles. The maximum atomic E-state index is 12.3. The van der Waals surface area contributed by atoms with E-state index in [0.29, 0.717) is 19.6 Å². The number of rotatable bonds is 6. The maximum Gasteiger partial charge on any atom is 0.231 e. The first-order chi connectivity index (χ1) is 12.0. The zero-order valence-electron chi connectivity index (χ0n) is 14.9. The summed E-state index contributed by atoms with van der Waals surface area (Å²) in [5.41, 5.74) is 3.29. The first-order valence-corrected chi connectivity index (χ1v) is 8.35. The van der Waals surface area contributed by atoms with E-state index < -0.39 is 0 Å². The van der Waals surface area contributed by atoms with Gasteiger partial charge < -0.3 is 19.1 Å². The Kier molecular flexibility index (Phi) is 5.12. The van der Waals surface area contributed by atoms with Gasteiger partial charge in [-0.3, -0.25) is 4.79 Å². The molecule has 2 aromatic carbocycles. The van der Waals surface area contributed by atoms with E-state index in [4.69, 9.17) is 14.2 Å². The van der Waals surface area contributed by atoms with Gasteiger partial charge in [0.2, 0.25) is 12.7 Å². The van der Waals surface area contributed by atoms with Gasteiger partial charge in [0, 0.05) is 13.6 Å². The van der Waals surface area contributed by atoms with Crippen LogP contribution in [0.2, 0.25) is 0 Å². The highest BCUT2D eigenvalue weighted by Gasteiger charge is 2.15. The molecule has 0 atom stereocenters. The number of aryl methyl sites for hydroxylation is 2. The molecule has 3 rings (SSSR count). The number of ether oxygens (including phenoxy) is 3. The molecule has 0 saturated carbocycles. The normalized spacial score (nSPS) is 12.1. The second-order valence-electron chi connectivity index (χ2n) is 6.30. The van der Waals surface area contributed by atoms with E-state index in [1.807, 2.05) is 44.2 Å². The Morgan fingerprint density at radius 3 is 2.72 bits per heavy atom. The predicted octanol–water partition coefficient (Wildman–Crippen LogP) is 3.46. The Morgan fingerprint density at radius 1 is 1.12 bits per heavy atom. The summed E-state index contributed by atoms with van der Waals surface area (Å²) in [5.74, 6) is 2.36. The maximum absolute atomic E-state index is 12.3. The summed E-state index contributed by atoms with van der Waals surface area (Å²) >= 11 is 0. The lowest BCUT2D eigenvalue weighted by Gasteiger charge is -2.18. The molecule has 1 aliphatic heterocycles. The topological polar surface area (TPSA) is 48.0 Å². The lowest BCUT2D eigenvalue weighted by atomic mass is 10.1. The second-order valence-corrected chi connectivity index (χ2v) is 6.30. The summed E-state index contributed by atoms with van der Waals surface area (Å²) in [5, 5.41) is 0. The summed E-state index contributed by atoms with van der Waals surface area (Å²) in [4.78, 5) is 14.0. The average molecular weight is 341 g/mol. The van der Waals surface area contributed by atoms with Gasteiger partial charge in [-0.1, -0.05) is 23.8 Å². The fourth-order valence-electron chi connectivity index (χ4n) is 2.80. The molecule has 0 saturated heterocycles. The van der Waals surface area contributed by atoms with Gasteiger partial charge in [0.1, 0.15) is 5.75 Å². The van der Waals surface area contributed by atoms with Crippen molar-refractivity contribution in [2.45, 2.75) is 26.8 Å². The van der Waals surface area contributed by atoms with E-state index in [9.17, 15) is 4.79 Å². The third-order valence-corrected chi connectivity index (χ3v) is 4.19. The van der Waals surface area contributed by atoms with Crippen LogP contribution in [0.3, 0.4) is 0 Å². The molecule has 0 aromatic heterocycles. The van der Waals surface area contributed by atoms with E-state index in [-0.39, 0.29) is 12.7 Å². The summed E-state index contributed by atoms with van der Waals surface area (Å²) in [6.45, 7) is 5.21. The Balaban J connectivity index is 1.49. The molecule has 0 bridgehead atoms. The SMILES string of the molecule is Cc1ccc(OCCC(=O)N(C)Cc2ccc3c(c2)OCO3)c(C)c1. The zero-order chi connectivity index (χ0) is 17.8. The fourth-order valence-corrected chi connectivity index (χ4v) is 2.80. The Labute approximate surface area is 148 Å². The number of fused-ring (bicyclic) bond motifs is 1. The molecule has 0 unspecified atom stereocenters. The molecular formula is C20H23NO4. The Hall–Kier alpha value is -2.69. The third kappa shape index (κ3) is 4.24. The largest absolute Gasteiger partial charge is 0.493 e. The second kappa shape index (κ2) is 7.47. The predicted molar refractivity (Wildman–Crippen MR) is 95.1 cm³/mol. The lowest BCUT2D eigenvalue weighted by Crippen LogP contribution is -2.27. The van der Waals surface area contributed by atoms with Gasteiger partial charge in [0.05, 0.1) is 13.0 Å². The van der Waals surface area contributed by atoms with Gasteiger partial charge in [0.25, 0.3) is 0 Å². The smallest absolute Gasteiger partial charge is 0.231 e. The fraction of sp³-hybridized carbons (Fsp3) is 0.350. The zero-order valence-corrected chi connectivity index (χ0v) is 14.9. The molecule has 1 amide bonds. The molecular weight excluding hydrogens is 318 g/mol. The molecule has 2 aromatic rings. The minimum absolute atomic E-state index is 0.0439. The number of carbonyl (C=O) groups is 1. The first-order valence-electron chi connectivity index (χ1n) is 8.35. The van der Waals surface area contributed by atoms with Crippen LogP contribution in [0.1, 0.15) is 23.1 Å². The lowest BCUT2D eigenvalue weighted by molar-refractivity contribution is -0.130. The summed E-state index contributed by atoms with van der Waals surface area (Å²) in [6.07, 6.45) is 0.342. The van der Waals surface area contributed by atoms with Crippen molar-refractivity contribution in [3.8, 4) is 17.2 Å². The minimum atomic E-state index is 0.0439. The van der Waals surface area contributed by atoms with Crippen LogP contribution in [0.5, 0.6) is 17.2 Å². The Bertz CT molecular complexity index is 772. The molecule has 1 aliphatic rings. The van der Waals surface area contributed by atoms with Crippen LogP contribution in [0.25, 0.3) is 0 Å². The Morgan fingerprint density at radius 2 is 1.92 bits per heavy atom. The number of hydrogen-bond donors (Lipinski definition) is 0. The van der Waals surface area contributed by atoms with Crippen LogP contribution in [0.15, 0.2) is 36.4 Å². The van der Waals surface area contributed by atoms with E-state index in [1.54, 1.807) is 11.9 Å². The van der Waals surface area contributed by atoms with Crippen molar-refractivity contribution in [3.05, 3.63) is 53.1 Å². The number of carbonyl (C=O) groups excluding carboxylic acids is 1. The van der Waals surface area contributed by atoms with E-state index in [2.05, 4.69) is 6.07 Å². The number of benzene rings is 2. The van der Waals surface area contributed by atoms with Gasteiger partial charge >= 0.3 is 0 Å². The van der Waals surface area contributed by atoms with Crippen molar-refractivity contribution >= 4 is 5.91 Å². The van der Waals surface area contributed by atoms with Gasteiger partial charge in [0.15, 0.2) is 11.5 Å². The third-order valence-electron chi connectivity index (χ3n) is 4.19. The van der Waals surface area contributed by atoms with Crippen molar-refractivity contribution in [1.82, 2.24) is 4.90 Å². The van der Waals surface area contributed by atoms with Gasteiger partial charge in [-0.2, -0.15) is 0 Å². The number of nitrogens with zero attached hydrogens (tertiary/aromatic N) is 1. The van der Waals surface area contributed by atoms with Crippen LogP contribution in [-0.4, -0.2) is 31.3 Å². The van der Waals surface area contributed by atoms with Crippen molar-refractivity contribution in [1.29, 1.82) is 0 Å². The number of hydrogen-bond acceptors (Lipinski definition) is 4.